The third-order valence-corrected chi connectivity index (χ3v) is 3.40. The van der Waals surface area contributed by atoms with E-state index in [0.29, 0.717) is 35.5 Å². The molecule has 0 aliphatic rings. The van der Waals surface area contributed by atoms with Gasteiger partial charge in [0, 0.05) is 19.7 Å². The Morgan fingerprint density at radius 3 is 2.48 bits per heavy atom. The van der Waals surface area contributed by atoms with Crippen LogP contribution in [-0.4, -0.2) is 43.1 Å². The topological polar surface area (TPSA) is 50.7 Å². The third kappa shape index (κ3) is 6.85. The predicted molar refractivity (Wildman–Crippen MR) is 86.5 cm³/mol. The maximum absolute atomic E-state index is 9.90. The summed E-state index contributed by atoms with van der Waals surface area (Å²) in [7, 11) is 0. The van der Waals surface area contributed by atoms with Gasteiger partial charge in [0.25, 0.3) is 0 Å². The van der Waals surface area contributed by atoms with Crippen LogP contribution in [-0.2, 0) is 4.74 Å². The Morgan fingerprint density at radius 1 is 1.29 bits per heavy atom. The molecule has 0 fully saturated rings. The molecule has 0 aliphatic heterocycles. The molecule has 0 aromatic heterocycles. The molecular formula is C15H23Cl2NO3. The molecule has 1 aromatic carbocycles. The highest BCUT2D eigenvalue weighted by molar-refractivity contribution is 6.37. The molecule has 0 saturated heterocycles. The minimum Gasteiger partial charge on any atom is -0.488 e. The highest BCUT2D eigenvalue weighted by atomic mass is 35.5. The second-order valence-corrected chi connectivity index (χ2v) is 6.15. The number of benzene rings is 1. The molecule has 1 unspecified atom stereocenters. The molecule has 1 aromatic rings. The fourth-order valence-electron chi connectivity index (χ4n) is 1.84. The number of para-hydroxylation sites is 1. The van der Waals surface area contributed by atoms with Gasteiger partial charge >= 0.3 is 0 Å². The smallest absolute Gasteiger partial charge is 0.156 e. The molecule has 120 valence electrons. The zero-order valence-corrected chi connectivity index (χ0v) is 14.2. The standard InChI is InChI=1S/C15H23Cl2NO3/c1-4-21-15(2,3)10-18-8-11(19)9-20-14-12(16)6-5-7-13(14)17/h5-7,11,18-19H,4,8-10H2,1-3H3. The summed E-state index contributed by atoms with van der Waals surface area (Å²) in [6.07, 6.45) is -0.658. The number of nitrogens with one attached hydrogen (secondary N) is 1. The molecule has 0 radical (unpaired) electrons. The first-order chi connectivity index (χ1) is 9.85. The van der Waals surface area contributed by atoms with Gasteiger partial charge in [-0.2, -0.15) is 0 Å². The zero-order valence-electron chi connectivity index (χ0n) is 12.7. The van der Waals surface area contributed by atoms with Crippen molar-refractivity contribution in [2.24, 2.45) is 0 Å². The quantitative estimate of drug-likeness (QED) is 0.727. The summed E-state index contributed by atoms with van der Waals surface area (Å²) >= 11 is 12.0. The summed E-state index contributed by atoms with van der Waals surface area (Å²) in [6.45, 7) is 7.77. The number of aliphatic hydroxyl groups excluding tert-OH is 1. The van der Waals surface area contributed by atoms with Crippen LogP contribution in [0.25, 0.3) is 0 Å². The van der Waals surface area contributed by atoms with Gasteiger partial charge < -0.3 is 19.9 Å². The van der Waals surface area contributed by atoms with Crippen LogP contribution in [0.1, 0.15) is 20.8 Å². The van der Waals surface area contributed by atoms with E-state index in [1.807, 2.05) is 20.8 Å². The van der Waals surface area contributed by atoms with Gasteiger partial charge in [-0.15, -0.1) is 0 Å². The van der Waals surface area contributed by atoms with Crippen LogP contribution in [0.15, 0.2) is 18.2 Å². The Labute approximate surface area is 136 Å². The van der Waals surface area contributed by atoms with Crippen LogP contribution in [0.5, 0.6) is 5.75 Å². The van der Waals surface area contributed by atoms with Crippen LogP contribution < -0.4 is 10.1 Å². The molecule has 4 nitrogen and oxygen atoms in total. The van der Waals surface area contributed by atoms with Gasteiger partial charge in [0.1, 0.15) is 12.7 Å². The number of halogens is 2. The van der Waals surface area contributed by atoms with E-state index in [1.165, 1.54) is 0 Å². The molecule has 0 spiro atoms. The second-order valence-electron chi connectivity index (χ2n) is 5.34. The van der Waals surface area contributed by atoms with Crippen molar-refractivity contribution in [2.75, 3.05) is 26.3 Å². The van der Waals surface area contributed by atoms with Crippen LogP contribution in [0.2, 0.25) is 10.0 Å². The van der Waals surface area contributed by atoms with Crippen molar-refractivity contribution >= 4 is 23.2 Å². The molecular weight excluding hydrogens is 313 g/mol. The van der Waals surface area contributed by atoms with Gasteiger partial charge in [0.05, 0.1) is 15.6 Å². The van der Waals surface area contributed by atoms with Crippen LogP contribution in [0.3, 0.4) is 0 Å². The summed E-state index contributed by atoms with van der Waals surface area (Å²) in [4.78, 5) is 0. The maximum Gasteiger partial charge on any atom is 0.156 e. The monoisotopic (exact) mass is 335 g/mol. The van der Waals surface area contributed by atoms with E-state index >= 15 is 0 Å². The normalized spacial score (nSPS) is 13.2. The summed E-state index contributed by atoms with van der Waals surface area (Å²) in [5, 5.41) is 13.9. The van der Waals surface area contributed by atoms with Crippen LogP contribution in [0.4, 0.5) is 0 Å². The van der Waals surface area contributed by atoms with Crippen molar-refractivity contribution in [1.29, 1.82) is 0 Å². The van der Waals surface area contributed by atoms with Crippen molar-refractivity contribution in [3.05, 3.63) is 28.2 Å². The summed E-state index contributed by atoms with van der Waals surface area (Å²) in [6, 6.07) is 5.13. The van der Waals surface area contributed by atoms with Crippen molar-refractivity contribution in [2.45, 2.75) is 32.5 Å². The Balaban J connectivity index is 2.33. The number of hydrogen-bond donors (Lipinski definition) is 2. The largest absolute Gasteiger partial charge is 0.488 e. The average Bonchev–Trinajstić information content (AvgIpc) is 2.37. The SMILES string of the molecule is CCOC(C)(C)CNCC(O)COc1c(Cl)cccc1Cl. The summed E-state index contributed by atoms with van der Waals surface area (Å²) in [5.41, 5.74) is -0.263. The first-order valence-corrected chi connectivity index (χ1v) is 7.71. The molecule has 1 rings (SSSR count). The number of ether oxygens (including phenoxy) is 2. The lowest BCUT2D eigenvalue weighted by atomic mass is 10.1. The lowest BCUT2D eigenvalue weighted by Crippen LogP contribution is -2.41. The molecule has 0 heterocycles. The van der Waals surface area contributed by atoms with Crippen LogP contribution >= 0.6 is 23.2 Å². The van der Waals surface area contributed by atoms with E-state index in [4.69, 9.17) is 32.7 Å². The van der Waals surface area contributed by atoms with E-state index in [1.54, 1.807) is 18.2 Å². The predicted octanol–water partition coefficient (Wildman–Crippen LogP) is 3.14. The molecule has 6 heteroatoms. The summed E-state index contributed by atoms with van der Waals surface area (Å²) < 4.78 is 11.0. The van der Waals surface area contributed by atoms with E-state index < -0.39 is 6.10 Å². The van der Waals surface area contributed by atoms with Gasteiger partial charge in [-0.05, 0) is 32.9 Å². The highest BCUT2D eigenvalue weighted by Crippen LogP contribution is 2.32. The first kappa shape index (κ1) is 18.5. The molecule has 2 N–H and O–H groups in total. The van der Waals surface area contributed by atoms with Crippen molar-refractivity contribution in [1.82, 2.24) is 5.32 Å². The van der Waals surface area contributed by atoms with Gasteiger partial charge in [-0.3, -0.25) is 0 Å². The first-order valence-electron chi connectivity index (χ1n) is 6.95. The Bertz CT molecular complexity index is 421. The Morgan fingerprint density at radius 2 is 1.90 bits per heavy atom. The number of rotatable bonds is 9. The van der Waals surface area contributed by atoms with Crippen LogP contribution in [0, 0.1) is 0 Å². The van der Waals surface area contributed by atoms with Crippen molar-refractivity contribution in [3.8, 4) is 5.75 Å². The van der Waals surface area contributed by atoms with Gasteiger partial charge in [-0.25, -0.2) is 0 Å². The van der Waals surface area contributed by atoms with E-state index in [9.17, 15) is 5.11 Å². The maximum atomic E-state index is 9.90. The Kier molecular flexibility index (Phi) is 7.77. The molecule has 21 heavy (non-hydrogen) atoms. The number of aliphatic hydroxyl groups is 1. The molecule has 0 aliphatic carbocycles. The molecule has 0 amide bonds. The van der Waals surface area contributed by atoms with E-state index in [2.05, 4.69) is 5.32 Å². The lowest BCUT2D eigenvalue weighted by Gasteiger charge is -2.25. The van der Waals surface area contributed by atoms with Gasteiger partial charge in [0.2, 0.25) is 0 Å². The van der Waals surface area contributed by atoms with Gasteiger partial charge in [-0.1, -0.05) is 29.3 Å². The van der Waals surface area contributed by atoms with Gasteiger partial charge in [0.15, 0.2) is 5.75 Å². The highest BCUT2D eigenvalue weighted by Gasteiger charge is 2.18. The van der Waals surface area contributed by atoms with Crippen molar-refractivity contribution in [3.63, 3.8) is 0 Å². The molecule has 0 saturated carbocycles. The minimum atomic E-state index is -0.658. The van der Waals surface area contributed by atoms with Crippen molar-refractivity contribution < 1.29 is 14.6 Å². The fraction of sp³-hybridized carbons (Fsp3) is 0.600. The van der Waals surface area contributed by atoms with E-state index in [0.717, 1.165) is 0 Å². The lowest BCUT2D eigenvalue weighted by molar-refractivity contribution is -0.0112. The third-order valence-electron chi connectivity index (χ3n) is 2.80. The minimum absolute atomic E-state index is 0.117. The zero-order chi connectivity index (χ0) is 15.9. The molecule has 0 bridgehead atoms. The van der Waals surface area contributed by atoms with E-state index in [-0.39, 0.29) is 12.2 Å². The Hall–Kier alpha value is -0.520. The fourth-order valence-corrected chi connectivity index (χ4v) is 2.35. The molecule has 1 atom stereocenters. The average molecular weight is 336 g/mol. The summed E-state index contributed by atoms with van der Waals surface area (Å²) in [5.74, 6) is 0.398. The number of hydrogen-bond acceptors (Lipinski definition) is 4. The second kappa shape index (κ2) is 8.81.